The third kappa shape index (κ3) is 4.70. The van der Waals surface area contributed by atoms with E-state index in [0.29, 0.717) is 11.5 Å². The molecular weight excluding hydrogens is 408 g/mol. The Bertz CT molecular complexity index is 1190. The van der Waals surface area contributed by atoms with Crippen molar-refractivity contribution in [3.05, 3.63) is 95.3 Å². The summed E-state index contributed by atoms with van der Waals surface area (Å²) in [6.07, 6.45) is 5.18. The standard InChI is InChI=1S/C25H20N2O3S/c1-17-9-11-19(12-10-17)22-14-13-20(30-22)16-21-23(28)26-25(31)27(24(21)29)15-5-8-18-6-3-2-4-7-18/h2-14,16H,15H2,1H3,(H,26,28,31)/b8-5+,21-16-. The smallest absolute Gasteiger partial charge is 0.266 e. The number of carbonyl (C=O) groups is 2. The summed E-state index contributed by atoms with van der Waals surface area (Å²) in [6, 6.07) is 21.2. The minimum atomic E-state index is -0.536. The summed E-state index contributed by atoms with van der Waals surface area (Å²) < 4.78 is 5.84. The highest BCUT2D eigenvalue weighted by molar-refractivity contribution is 7.80. The zero-order valence-corrected chi connectivity index (χ0v) is 17.7. The number of nitrogens with zero attached hydrogens (tertiary/aromatic N) is 1. The number of carbonyl (C=O) groups excluding carboxylic acids is 2. The molecular formula is C25H20N2O3S. The van der Waals surface area contributed by atoms with Crippen LogP contribution in [0.25, 0.3) is 23.5 Å². The average Bonchev–Trinajstić information content (AvgIpc) is 3.23. The lowest BCUT2D eigenvalue weighted by molar-refractivity contribution is -0.128. The molecule has 6 heteroatoms. The van der Waals surface area contributed by atoms with E-state index < -0.39 is 11.8 Å². The predicted octanol–water partition coefficient (Wildman–Crippen LogP) is 4.60. The Morgan fingerprint density at radius 3 is 2.48 bits per heavy atom. The fourth-order valence-electron chi connectivity index (χ4n) is 3.16. The van der Waals surface area contributed by atoms with Gasteiger partial charge in [0.25, 0.3) is 11.8 Å². The summed E-state index contributed by atoms with van der Waals surface area (Å²) in [5.41, 5.74) is 3.06. The molecule has 0 atom stereocenters. The lowest BCUT2D eigenvalue weighted by atomic mass is 10.1. The van der Waals surface area contributed by atoms with Gasteiger partial charge in [-0.25, -0.2) is 0 Å². The van der Waals surface area contributed by atoms with Gasteiger partial charge in [0, 0.05) is 12.1 Å². The summed E-state index contributed by atoms with van der Waals surface area (Å²) in [7, 11) is 0. The van der Waals surface area contributed by atoms with Crippen molar-refractivity contribution in [2.75, 3.05) is 6.54 Å². The van der Waals surface area contributed by atoms with Crippen molar-refractivity contribution in [3.63, 3.8) is 0 Å². The maximum Gasteiger partial charge on any atom is 0.266 e. The summed E-state index contributed by atoms with van der Waals surface area (Å²) in [5.74, 6) is 0.0849. The molecule has 2 heterocycles. The van der Waals surface area contributed by atoms with Crippen LogP contribution < -0.4 is 5.32 Å². The van der Waals surface area contributed by atoms with Crippen molar-refractivity contribution < 1.29 is 14.0 Å². The van der Waals surface area contributed by atoms with Gasteiger partial charge in [-0.05, 0) is 42.9 Å². The van der Waals surface area contributed by atoms with Crippen LogP contribution in [0, 0.1) is 6.92 Å². The van der Waals surface area contributed by atoms with Crippen molar-refractivity contribution in [2.24, 2.45) is 0 Å². The van der Waals surface area contributed by atoms with E-state index in [4.69, 9.17) is 16.6 Å². The van der Waals surface area contributed by atoms with Crippen LogP contribution in [-0.2, 0) is 9.59 Å². The first-order chi connectivity index (χ1) is 15.0. The molecule has 1 fully saturated rings. The van der Waals surface area contributed by atoms with Gasteiger partial charge in [0.2, 0.25) is 0 Å². The van der Waals surface area contributed by atoms with E-state index in [1.54, 1.807) is 6.07 Å². The van der Waals surface area contributed by atoms with Crippen molar-refractivity contribution in [1.29, 1.82) is 0 Å². The van der Waals surface area contributed by atoms with Crippen LogP contribution in [0.3, 0.4) is 0 Å². The van der Waals surface area contributed by atoms with Crippen molar-refractivity contribution in [3.8, 4) is 11.3 Å². The largest absolute Gasteiger partial charge is 0.457 e. The van der Waals surface area contributed by atoms with Crippen molar-refractivity contribution in [1.82, 2.24) is 10.2 Å². The lowest BCUT2D eigenvalue weighted by Gasteiger charge is -2.27. The summed E-state index contributed by atoms with van der Waals surface area (Å²) in [5, 5.41) is 2.66. The van der Waals surface area contributed by atoms with Gasteiger partial charge < -0.3 is 4.42 Å². The number of nitrogens with one attached hydrogen (secondary N) is 1. The fourth-order valence-corrected chi connectivity index (χ4v) is 3.41. The van der Waals surface area contributed by atoms with Crippen LogP contribution in [0.4, 0.5) is 0 Å². The second kappa shape index (κ2) is 8.93. The van der Waals surface area contributed by atoms with E-state index in [1.807, 2.05) is 79.7 Å². The topological polar surface area (TPSA) is 62.6 Å². The molecule has 5 nitrogen and oxygen atoms in total. The van der Waals surface area contributed by atoms with Crippen LogP contribution in [0.15, 0.2) is 82.8 Å². The SMILES string of the molecule is Cc1ccc(-c2ccc(/C=C3/C(=O)NC(=S)N(C/C=C/c4ccccc4)C3=O)o2)cc1. The Hall–Kier alpha value is -3.77. The van der Waals surface area contributed by atoms with E-state index in [1.165, 1.54) is 11.0 Å². The zero-order chi connectivity index (χ0) is 21.8. The number of benzene rings is 2. The molecule has 0 aliphatic carbocycles. The predicted molar refractivity (Wildman–Crippen MR) is 125 cm³/mol. The Kier molecular flexibility index (Phi) is 5.91. The molecule has 1 N–H and O–H groups in total. The number of furan rings is 1. The van der Waals surface area contributed by atoms with E-state index in [-0.39, 0.29) is 17.2 Å². The van der Waals surface area contributed by atoms with Gasteiger partial charge >= 0.3 is 0 Å². The minimum Gasteiger partial charge on any atom is -0.457 e. The maximum atomic E-state index is 12.9. The van der Waals surface area contributed by atoms with Crippen molar-refractivity contribution in [2.45, 2.75) is 6.92 Å². The molecule has 31 heavy (non-hydrogen) atoms. The van der Waals surface area contributed by atoms with E-state index in [9.17, 15) is 9.59 Å². The molecule has 1 saturated heterocycles. The Morgan fingerprint density at radius 1 is 1.00 bits per heavy atom. The first-order valence-corrected chi connectivity index (χ1v) is 10.2. The van der Waals surface area contributed by atoms with E-state index >= 15 is 0 Å². The second-order valence-electron chi connectivity index (χ2n) is 7.11. The van der Waals surface area contributed by atoms with Gasteiger partial charge in [0.1, 0.15) is 17.1 Å². The van der Waals surface area contributed by atoms with Crippen LogP contribution in [-0.4, -0.2) is 28.4 Å². The van der Waals surface area contributed by atoms with Gasteiger partial charge in [-0.15, -0.1) is 0 Å². The number of amides is 2. The monoisotopic (exact) mass is 428 g/mol. The molecule has 2 amide bonds. The molecule has 0 radical (unpaired) electrons. The first kappa shape index (κ1) is 20.5. The van der Waals surface area contributed by atoms with Crippen LogP contribution >= 0.6 is 12.2 Å². The summed E-state index contributed by atoms with van der Waals surface area (Å²) in [6.45, 7) is 2.26. The summed E-state index contributed by atoms with van der Waals surface area (Å²) in [4.78, 5) is 26.7. The molecule has 154 valence electrons. The molecule has 4 rings (SSSR count). The average molecular weight is 429 g/mol. The first-order valence-electron chi connectivity index (χ1n) is 9.78. The van der Waals surface area contributed by atoms with Gasteiger partial charge in [0.15, 0.2) is 5.11 Å². The molecule has 3 aromatic rings. The van der Waals surface area contributed by atoms with Crippen LogP contribution in [0.2, 0.25) is 0 Å². The zero-order valence-electron chi connectivity index (χ0n) is 16.9. The molecule has 1 aliphatic rings. The van der Waals surface area contributed by atoms with Gasteiger partial charge in [-0.2, -0.15) is 0 Å². The lowest BCUT2D eigenvalue weighted by Crippen LogP contribution is -2.53. The molecule has 0 bridgehead atoms. The second-order valence-corrected chi connectivity index (χ2v) is 7.50. The van der Waals surface area contributed by atoms with Gasteiger partial charge in [0.05, 0.1) is 0 Å². The third-order valence-electron chi connectivity index (χ3n) is 4.83. The number of hydrogen-bond donors (Lipinski definition) is 1. The number of rotatable bonds is 5. The molecule has 0 unspecified atom stereocenters. The minimum absolute atomic E-state index is 0.0217. The molecule has 0 saturated carbocycles. The Labute approximate surface area is 185 Å². The van der Waals surface area contributed by atoms with Crippen molar-refractivity contribution >= 4 is 41.3 Å². The van der Waals surface area contributed by atoms with Gasteiger partial charge in [-0.1, -0.05) is 72.3 Å². The Morgan fingerprint density at radius 2 is 1.74 bits per heavy atom. The quantitative estimate of drug-likeness (QED) is 0.367. The molecule has 1 aliphatic heterocycles. The number of thiocarbonyl (C=S) groups is 1. The van der Waals surface area contributed by atoms with E-state index in [2.05, 4.69) is 5.32 Å². The molecule has 0 spiro atoms. The third-order valence-corrected chi connectivity index (χ3v) is 5.16. The highest BCUT2D eigenvalue weighted by atomic mass is 32.1. The number of aryl methyl sites for hydroxylation is 1. The highest BCUT2D eigenvalue weighted by Crippen LogP contribution is 2.24. The van der Waals surface area contributed by atoms with Crippen LogP contribution in [0.1, 0.15) is 16.9 Å². The maximum absolute atomic E-state index is 12.9. The fraction of sp³-hybridized carbons (Fsp3) is 0.0800. The number of hydrogen-bond acceptors (Lipinski definition) is 4. The highest BCUT2D eigenvalue weighted by Gasteiger charge is 2.33. The van der Waals surface area contributed by atoms with Gasteiger partial charge in [-0.3, -0.25) is 19.8 Å². The molecule has 1 aromatic heterocycles. The van der Waals surface area contributed by atoms with Crippen LogP contribution in [0.5, 0.6) is 0 Å². The molecule has 2 aromatic carbocycles. The Balaban J connectivity index is 1.53. The van der Waals surface area contributed by atoms with E-state index in [0.717, 1.165) is 16.7 Å². The normalized spacial score (nSPS) is 15.7. The summed E-state index contributed by atoms with van der Waals surface area (Å²) >= 11 is 5.20.